The number of ketones is 1. The van der Waals surface area contributed by atoms with E-state index in [0.717, 1.165) is 45.3 Å². The van der Waals surface area contributed by atoms with Gasteiger partial charge in [-0.05, 0) is 57.3 Å². The molecule has 2 aliphatic carbocycles. The molecule has 40 heavy (non-hydrogen) atoms. The lowest BCUT2D eigenvalue weighted by Gasteiger charge is -2.21. The molecular formula is C36H26N2O2. The van der Waals surface area contributed by atoms with Gasteiger partial charge in [0, 0.05) is 45.6 Å². The lowest BCUT2D eigenvalue weighted by Crippen LogP contribution is -2.11. The van der Waals surface area contributed by atoms with Gasteiger partial charge in [0.25, 0.3) is 0 Å². The second kappa shape index (κ2) is 9.21. The smallest absolute Gasteiger partial charge is 0.221 e. The summed E-state index contributed by atoms with van der Waals surface area (Å²) in [5.41, 5.74) is 16.6. The van der Waals surface area contributed by atoms with Gasteiger partial charge >= 0.3 is 0 Å². The van der Waals surface area contributed by atoms with Crippen molar-refractivity contribution in [3.05, 3.63) is 131 Å². The molecule has 0 saturated carbocycles. The molecule has 0 aromatic heterocycles. The SMILES string of the molecule is CC(=O)Nc1ccc2c3c(cccc13)C(=O)c1ccccc1-2.Nc1ccc2c3c(cccc13)Cc1ccccc1-2. The van der Waals surface area contributed by atoms with Crippen molar-refractivity contribution in [2.75, 3.05) is 11.1 Å². The van der Waals surface area contributed by atoms with E-state index in [1.54, 1.807) is 0 Å². The van der Waals surface area contributed by atoms with Crippen molar-refractivity contribution in [3.63, 3.8) is 0 Å². The van der Waals surface area contributed by atoms with Crippen LogP contribution in [0, 0.1) is 0 Å². The Bertz CT molecular complexity index is 2020. The highest BCUT2D eigenvalue weighted by Gasteiger charge is 2.25. The molecule has 3 N–H and O–H groups in total. The maximum atomic E-state index is 12.7. The third-order valence-electron chi connectivity index (χ3n) is 7.91. The number of carbonyl (C=O) groups excluding carboxylic acids is 2. The zero-order valence-electron chi connectivity index (χ0n) is 22.0. The van der Waals surface area contributed by atoms with E-state index in [0.29, 0.717) is 5.56 Å². The third-order valence-corrected chi connectivity index (χ3v) is 7.91. The number of carbonyl (C=O) groups is 2. The van der Waals surface area contributed by atoms with E-state index in [9.17, 15) is 9.59 Å². The zero-order valence-corrected chi connectivity index (χ0v) is 22.0. The summed E-state index contributed by atoms with van der Waals surface area (Å²) in [5.74, 6) is -0.0862. The van der Waals surface area contributed by atoms with Crippen molar-refractivity contribution in [2.45, 2.75) is 13.3 Å². The molecule has 0 saturated heterocycles. The van der Waals surface area contributed by atoms with Crippen LogP contribution in [0.3, 0.4) is 0 Å². The highest BCUT2D eigenvalue weighted by Crippen LogP contribution is 2.42. The molecule has 192 valence electrons. The summed E-state index contributed by atoms with van der Waals surface area (Å²) in [6.45, 7) is 1.48. The first kappa shape index (κ1) is 23.9. The Labute approximate surface area is 232 Å². The fourth-order valence-electron chi connectivity index (χ4n) is 6.20. The molecule has 0 aliphatic heterocycles. The van der Waals surface area contributed by atoms with Gasteiger partial charge in [0.2, 0.25) is 5.91 Å². The Kier molecular flexibility index (Phi) is 5.49. The second-order valence-corrected chi connectivity index (χ2v) is 10.3. The normalized spacial score (nSPS) is 12.3. The first-order valence-corrected chi connectivity index (χ1v) is 13.4. The van der Waals surface area contributed by atoms with Gasteiger partial charge in [-0.3, -0.25) is 9.59 Å². The highest BCUT2D eigenvalue weighted by atomic mass is 16.1. The highest BCUT2D eigenvalue weighted by molar-refractivity contribution is 6.27. The molecule has 0 bridgehead atoms. The van der Waals surface area contributed by atoms with Crippen LogP contribution in [-0.2, 0) is 11.2 Å². The summed E-state index contributed by atoms with van der Waals surface area (Å²) in [5, 5.41) is 7.16. The van der Waals surface area contributed by atoms with Crippen LogP contribution in [0.15, 0.2) is 109 Å². The fraction of sp³-hybridized carbons (Fsp3) is 0.0556. The molecule has 6 aromatic rings. The largest absolute Gasteiger partial charge is 0.398 e. The maximum absolute atomic E-state index is 12.7. The summed E-state index contributed by atoms with van der Waals surface area (Å²) >= 11 is 0. The lowest BCUT2D eigenvalue weighted by molar-refractivity contribution is -0.114. The van der Waals surface area contributed by atoms with E-state index in [1.807, 2.05) is 60.7 Å². The molecule has 6 aromatic carbocycles. The number of benzene rings is 6. The van der Waals surface area contributed by atoms with Crippen molar-refractivity contribution in [3.8, 4) is 22.3 Å². The lowest BCUT2D eigenvalue weighted by atomic mass is 9.82. The van der Waals surface area contributed by atoms with Crippen molar-refractivity contribution in [1.29, 1.82) is 0 Å². The number of hydrogen-bond donors (Lipinski definition) is 2. The number of hydrogen-bond acceptors (Lipinski definition) is 3. The monoisotopic (exact) mass is 518 g/mol. The molecule has 0 atom stereocenters. The molecule has 0 unspecified atom stereocenters. The number of amides is 1. The summed E-state index contributed by atoms with van der Waals surface area (Å²) in [4.78, 5) is 24.1. The van der Waals surface area contributed by atoms with Crippen LogP contribution >= 0.6 is 0 Å². The third kappa shape index (κ3) is 3.69. The minimum absolute atomic E-state index is 0.0358. The standard InChI is InChI=1S/C19H13NO2.C17H13N/c1-11(21)20-17-10-9-13-12-5-2-3-6-14(12)19(22)16-8-4-7-15(17)18(13)16;18-16-9-8-14-13-6-2-1-4-11(13)10-12-5-3-7-15(16)17(12)14/h2-10H,1H3,(H,20,21);1-9H,10,18H2. The Morgan fingerprint density at radius 3 is 2.05 bits per heavy atom. The summed E-state index contributed by atoms with van der Waals surface area (Å²) in [6.07, 6.45) is 1.00. The molecule has 0 radical (unpaired) electrons. The number of nitrogens with one attached hydrogen (secondary N) is 1. The summed E-state index contributed by atoms with van der Waals surface area (Å²) in [6, 6.07) is 36.4. The van der Waals surface area contributed by atoms with Crippen LogP contribution in [-0.4, -0.2) is 11.7 Å². The van der Waals surface area contributed by atoms with Gasteiger partial charge < -0.3 is 11.1 Å². The van der Waals surface area contributed by atoms with Crippen LogP contribution in [0.5, 0.6) is 0 Å². The Morgan fingerprint density at radius 1 is 0.600 bits per heavy atom. The van der Waals surface area contributed by atoms with E-state index in [4.69, 9.17) is 5.73 Å². The average Bonchev–Trinajstić information content (AvgIpc) is 2.98. The average molecular weight is 519 g/mol. The van der Waals surface area contributed by atoms with Crippen molar-refractivity contribution in [1.82, 2.24) is 0 Å². The molecule has 2 aliphatic rings. The Balaban J connectivity index is 0.000000135. The van der Waals surface area contributed by atoms with Gasteiger partial charge in [-0.25, -0.2) is 0 Å². The molecule has 4 nitrogen and oxygen atoms in total. The Morgan fingerprint density at radius 2 is 1.23 bits per heavy atom. The van der Waals surface area contributed by atoms with Crippen LogP contribution < -0.4 is 11.1 Å². The zero-order chi connectivity index (χ0) is 27.4. The van der Waals surface area contributed by atoms with E-state index in [-0.39, 0.29) is 11.7 Å². The minimum atomic E-state index is -0.122. The predicted octanol–water partition coefficient (Wildman–Crippen LogP) is 8.00. The van der Waals surface area contributed by atoms with Crippen molar-refractivity contribution >= 4 is 44.6 Å². The van der Waals surface area contributed by atoms with E-state index in [1.165, 1.54) is 39.9 Å². The van der Waals surface area contributed by atoms with Gasteiger partial charge in [-0.2, -0.15) is 0 Å². The summed E-state index contributed by atoms with van der Waals surface area (Å²) < 4.78 is 0. The molecule has 1 amide bonds. The maximum Gasteiger partial charge on any atom is 0.221 e. The van der Waals surface area contributed by atoms with Gasteiger partial charge in [0.15, 0.2) is 5.78 Å². The minimum Gasteiger partial charge on any atom is -0.398 e. The van der Waals surface area contributed by atoms with Crippen LogP contribution in [0.1, 0.15) is 34.0 Å². The van der Waals surface area contributed by atoms with Gasteiger partial charge in [0.05, 0.1) is 0 Å². The van der Waals surface area contributed by atoms with E-state index < -0.39 is 0 Å². The number of anilines is 2. The second-order valence-electron chi connectivity index (χ2n) is 10.3. The number of nitrogen functional groups attached to an aromatic ring is 1. The van der Waals surface area contributed by atoms with Gasteiger partial charge in [-0.1, -0.05) is 97.1 Å². The van der Waals surface area contributed by atoms with Crippen LogP contribution in [0.2, 0.25) is 0 Å². The topological polar surface area (TPSA) is 72.2 Å². The van der Waals surface area contributed by atoms with Gasteiger partial charge in [-0.15, -0.1) is 0 Å². The quantitative estimate of drug-likeness (QED) is 0.216. The predicted molar refractivity (Wildman–Crippen MR) is 164 cm³/mol. The van der Waals surface area contributed by atoms with Crippen LogP contribution in [0.25, 0.3) is 43.8 Å². The number of nitrogens with two attached hydrogens (primary N) is 1. The van der Waals surface area contributed by atoms with E-state index in [2.05, 4.69) is 53.8 Å². The van der Waals surface area contributed by atoms with Gasteiger partial charge in [0.1, 0.15) is 0 Å². The molecule has 4 heteroatoms. The molecule has 0 heterocycles. The molecule has 8 rings (SSSR count). The number of fused-ring (bicyclic) bond motifs is 4. The summed E-state index contributed by atoms with van der Waals surface area (Å²) in [7, 11) is 0. The molecular weight excluding hydrogens is 492 g/mol. The molecule has 0 spiro atoms. The molecule has 0 fully saturated rings. The van der Waals surface area contributed by atoms with Crippen LogP contribution in [0.4, 0.5) is 11.4 Å². The first-order valence-electron chi connectivity index (χ1n) is 13.4. The van der Waals surface area contributed by atoms with Crippen molar-refractivity contribution in [2.24, 2.45) is 0 Å². The fourth-order valence-corrected chi connectivity index (χ4v) is 6.20. The first-order chi connectivity index (χ1) is 19.5. The Hall–Kier alpha value is -5.22. The van der Waals surface area contributed by atoms with Crippen molar-refractivity contribution < 1.29 is 9.59 Å². The number of rotatable bonds is 1. The van der Waals surface area contributed by atoms with E-state index >= 15 is 0 Å².